The molecule has 0 aromatic carbocycles. The van der Waals surface area contributed by atoms with Crippen LogP contribution in [0.4, 0.5) is 10.6 Å². The Morgan fingerprint density at radius 3 is 2.55 bits per heavy atom. The number of esters is 1. The van der Waals surface area contributed by atoms with Crippen molar-refractivity contribution < 1.29 is 14.3 Å². The number of aromatic nitrogens is 2. The molecule has 0 atom stereocenters. The van der Waals surface area contributed by atoms with Gasteiger partial charge in [0.25, 0.3) is 0 Å². The number of hydrogen-bond donors (Lipinski definition) is 2. The molecule has 2 amide bonds. The number of hydrogen-bond acceptors (Lipinski definition) is 4. The molecule has 0 aliphatic heterocycles. The van der Waals surface area contributed by atoms with Crippen LogP contribution in [0.25, 0.3) is 0 Å². The normalized spacial score (nSPS) is 11.1. The minimum atomic E-state index is -0.393. The van der Waals surface area contributed by atoms with E-state index in [0.29, 0.717) is 12.4 Å². The summed E-state index contributed by atoms with van der Waals surface area (Å²) in [7, 11) is 1.52. The number of carbonyl (C=O) groups excluding carboxylic acids is 2. The van der Waals surface area contributed by atoms with Crippen molar-refractivity contribution in [1.29, 1.82) is 0 Å². The van der Waals surface area contributed by atoms with E-state index in [0.717, 1.165) is 5.69 Å². The fourth-order valence-corrected chi connectivity index (χ4v) is 1.51. The third kappa shape index (κ3) is 4.25. The van der Waals surface area contributed by atoms with Gasteiger partial charge in [-0.15, -0.1) is 0 Å². The highest BCUT2D eigenvalue weighted by Gasteiger charge is 2.21. The van der Waals surface area contributed by atoms with Gasteiger partial charge in [0.2, 0.25) is 0 Å². The molecule has 1 aromatic rings. The van der Waals surface area contributed by atoms with E-state index >= 15 is 0 Å². The molecule has 7 nitrogen and oxygen atoms in total. The van der Waals surface area contributed by atoms with Crippen LogP contribution >= 0.6 is 0 Å². The summed E-state index contributed by atoms with van der Waals surface area (Å²) >= 11 is 0. The lowest BCUT2D eigenvalue weighted by atomic mass is 9.92. The monoisotopic (exact) mass is 282 g/mol. The summed E-state index contributed by atoms with van der Waals surface area (Å²) in [4.78, 5) is 23.0. The van der Waals surface area contributed by atoms with Gasteiger partial charge in [0.05, 0.1) is 12.3 Å². The summed E-state index contributed by atoms with van der Waals surface area (Å²) in [6.07, 6.45) is 0. The van der Waals surface area contributed by atoms with E-state index in [2.05, 4.69) is 15.7 Å². The second kappa shape index (κ2) is 6.40. The van der Waals surface area contributed by atoms with E-state index in [-0.39, 0.29) is 18.0 Å². The van der Waals surface area contributed by atoms with E-state index in [9.17, 15) is 9.59 Å². The Balaban J connectivity index is 3.02. The van der Waals surface area contributed by atoms with Crippen LogP contribution in [0.5, 0.6) is 0 Å². The predicted molar refractivity (Wildman–Crippen MR) is 75.6 cm³/mol. The van der Waals surface area contributed by atoms with E-state index in [1.54, 1.807) is 13.0 Å². The van der Waals surface area contributed by atoms with Gasteiger partial charge >= 0.3 is 12.0 Å². The van der Waals surface area contributed by atoms with Crippen LogP contribution in [0.1, 0.15) is 33.4 Å². The number of nitrogens with zero attached hydrogens (tertiary/aromatic N) is 2. The molecule has 7 heteroatoms. The SMILES string of the molecule is CCOC(=O)Cn1nc(C(C)(C)C)cc1NC(=O)NC. The first kappa shape index (κ1) is 16.0. The minimum absolute atomic E-state index is 0.0384. The number of urea groups is 1. The summed E-state index contributed by atoms with van der Waals surface area (Å²) in [5.74, 6) is 0.0679. The van der Waals surface area contributed by atoms with E-state index in [4.69, 9.17) is 4.74 Å². The van der Waals surface area contributed by atoms with Crippen LogP contribution in [0.2, 0.25) is 0 Å². The van der Waals surface area contributed by atoms with Crippen LogP contribution in [0, 0.1) is 0 Å². The summed E-state index contributed by atoms with van der Waals surface area (Å²) in [6.45, 7) is 8.04. The van der Waals surface area contributed by atoms with Gasteiger partial charge in [-0.2, -0.15) is 5.10 Å². The Labute approximate surface area is 118 Å². The molecule has 20 heavy (non-hydrogen) atoms. The topological polar surface area (TPSA) is 85.2 Å². The summed E-state index contributed by atoms with van der Waals surface area (Å²) in [6, 6.07) is 1.39. The molecule has 0 aliphatic carbocycles. The fourth-order valence-electron chi connectivity index (χ4n) is 1.51. The van der Waals surface area contributed by atoms with Crippen LogP contribution < -0.4 is 10.6 Å². The molecular formula is C13H22N4O3. The lowest BCUT2D eigenvalue weighted by Crippen LogP contribution is -2.27. The second-order valence-electron chi connectivity index (χ2n) is 5.33. The van der Waals surface area contributed by atoms with Gasteiger partial charge in [-0.1, -0.05) is 20.8 Å². The van der Waals surface area contributed by atoms with Crippen LogP contribution in [-0.4, -0.2) is 35.4 Å². The van der Waals surface area contributed by atoms with Gasteiger partial charge in [-0.25, -0.2) is 9.48 Å². The van der Waals surface area contributed by atoms with Gasteiger partial charge in [0.1, 0.15) is 12.4 Å². The first-order valence-electron chi connectivity index (χ1n) is 6.50. The van der Waals surface area contributed by atoms with Crippen molar-refractivity contribution in [3.8, 4) is 0 Å². The van der Waals surface area contributed by atoms with Gasteiger partial charge in [0, 0.05) is 18.5 Å². The molecule has 1 heterocycles. The van der Waals surface area contributed by atoms with Crippen molar-refractivity contribution in [1.82, 2.24) is 15.1 Å². The Morgan fingerprint density at radius 1 is 1.40 bits per heavy atom. The maximum Gasteiger partial charge on any atom is 0.327 e. The first-order chi connectivity index (χ1) is 9.27. The zero-order chi connectivity index (χ0) is 15.3. The molecular weight excluding hydrogens is 260 g/mol. The van der Waals surface area contributed by atoms with E-state index in [1.165, 1.54) is 11.7 Å². The zero-order valence-electron chi connectivity index (χ0n) is 12.6. The zero-order valence-corrected chi connectivity index (χ0v) is 12.6. The predicted octanol–water partition coefficient (Wildman–Crippen LogP) is 1.49. The highest BCUT2D eigenvalue weighted by Crippen LogP contribution is 2.24. The van der Waals surface area contributed by atoms with Crippen LogP contribution in [-0.2, 0) is 21.5 Å². The van der Waals surface area contributed by atoms with Crippen molar-refractivity contribution in [3.63, 3.8) is 0 Å². The lowest BCUT2D eigenvalue weighted by molar-refractivity contribution is -0.144. The maximum atomic E-state index is 11.6. The van der Waals surface area contributed by atoms with Crippen molar-refractivity contribution >= 4 is 17.8 Å². The molecule has 1 rings (SSSR count). The van der Waals surface area contributed by atoms with Gasteiger partial charge < -0.3 is 10.1 Å². The molecule has 0 unspecified atom stereocenters. The molecule has 0 saturated heterocycles. The lowest BCUT2D eigenvalue weighted by Gasteiger charge is -2.14. The standard InChI is InChI=1S/C13H22N4O3/c1-6-20-11(18)8-17-10(15-12(19)14-5)7-9(16-17)13(2,3)4/h7H,6,8H2,1-5H3,(H2,14,15,19). The highest BCUT2D eigenvalue weighted by atomic mass is 16.5. The number of carbonyl (C=O) groups is 2. The smallest absolute Gasteiger partial charge is 0.327 e. The third-order valence-corrected chi connectivity index (χ3v) is 2.60. The number of rotatable bonds is 4. The molecule has 0 fully saturated rings. The molecule has 0 saturated carbocycles. The minimum Gasteiger partial charge on any atom is -0.465 e. The van der Waals surface area contributed by atoms with Gasteiger partial charge in [-0.3, -0.25) is 10.1 Å². The number of amides is 2. The Kier molecular flexibility index (Phi) is 5.12. The number of nitrogens with one attached hydrogen (secondary N) is 2. The second-order valence-corrected chi connectivity index (χ2v) is 5.33. The molecule has 2 N–H and O–H groups in total. The number of ether oxygens (including phenoxy) is 1. The van der Waals surface area contributed by atoms with Crippen molar-refractivity contribution in [3.05, 3.63) is 11.8 Å². The molecule has 0 bridgehead atoms. The quantitative estimate of drug-likeness (QED) is 0.819. The van der Waals surface area contributed by atoms with Crippen LogP contribution in [0.15, 0.2) is 6.07 Å². The maximum absolute atomic E-state index is 11.6. The van der Waals surface area contributed by atoms with Crippen LogP contribution in [0.3, 0.4) is 0 Å². The Hall–Kier alpha value is -2.05. The Morgan fingerprint density at radius 2 is 2.05 bits per heavy atom. The van der Waals surface area contributed by atoms with E-state index < -0.39 is 5.97 Å². The summed E-state index contributed by atoms with van der Waals surface area (Å²) in [5.41, 5.74) is 0.604. The molecule has 0 spiro atoms. The summed E-state index contributed by atoms with van der Waals surface area (Å²) in [5, 5.41) is 9.47. The average Bonchev–Trinajstić information content (AvgIpc) is 2.72. The summed E-state index contributed by atoms with van der Waals surface area (Å²) < 4.78 is 6.34. The average molecular weight is 282 g/mol. The van der Waals surface area contributed by atoms with Gasteiger partial charge in [0.15, 0.2) is 0 Å². The highest BCUT2D eigenvalue weighted by molar-refractivity contribution is 5.88. The number of anilines is 1. The molecule has 112 valence electrons. The Bertz CT molecular complexity index is 488. The van der Waals surface area contributed by atoms with Gasteiger partial charge in [-0.05, 0) is 6.92 Å². The fraction of sp³-hybridized carbons (Fsp3) is 0.615. The largest absolute Gasteiger partial charge is 0.465 e. The molecule has 0 aliphatic rings. The molecule has 1 aromatic heterocycles. The van der Waals surface area contributed by atoms with Crippen molar-refractivity contribution in [2.75, 3.05) is 19.0 Å². The van der Waals surface area contributed by atoms with E-state index in [1.807, 2.05) is 20.8 Å². The third-order valence-electron chi connectivity index (χ3n) is 2.60. The molecule has 0 radical (unpaired) electrons. The first-order valence-corrected chi connectivity index (χ1v) is 6.50. The van der Waals surface area contributed by atoms with Crippen molar-refractivity contribution in [2.45, 2.75) is 39.7 Å². The van der Waals surface area contributed by atoms with Crippen molar-refractivity contribution in [2.24, 2.45) is 0 Å².